The summed E-state index contributed by atoms with van der Waals surface area (Å²) in [6.45, 7) is 5.81. The lowest BCUT2D eigenvalue weighted by Gasteiger charge is -2.27. The Balaban J connectivity index is 1.63. The van der Waals surface area contributed by atoms with Crippen molar-refractivity contribution in [3.8, 4) is 0 Å². The van der Waals surface area contributed by atoms with Gasteiger partial charge in [0.2, 0.25) is 5.91 Å². The maximum absolute atomic E-state index is 13.2. The molecule has 0 unspecified atom stereocenters. The minimum absolute atomic E-state index is 0.0930. The number of carboxylic acids is 1. The average molecular weight is 434 g/mol. The second kappa shape index (κ2) is 8.33. The van der Waals surface area contributed by atoms with E-state index >= 15 is 0 Å². The Hall–Kier alpha value is -1.89. The number of carboxylic acid groups (broad SMARTS) is 1. The van der Waals surface area contributed by atoms with Gasteiger partial charge in [0.05, 0.1) is 23.5 Å². The largest absolute Gasteiger partial charge is 0.481 e. The molecule has 1 aromatic heterocycles. The molecular weight excluding hydrogens is 402 g/mol. The van der Waals surface area contributed by atoms with Gasteiger partial charge < -0.3 is 15.2 Å². The summed E-state index contributed by atoms with van der Waals surface area (Å²) < 4.78 is 5.49. The van der Waals surface area contributed by atoms with E-state index in [4.69, 9.17) is 4.74 Å². The van der Waals surface area contributed by atoms with Gasteiger partial charge in [0.25, 0.3) is 0 Å². The zero-order chi connectivity index (χ0) is 21.6. The Morgan fingerprint density at radius 1 is 1.17 bits per heavy atom. The number of nitrogens with one attached hydrogen (secondary N) is 1. The topological polar surface area (TPSA) is 92.7 Å². The van der Waals surface area contributed by atoms with E-state index in [9.17, 15) is 19.5 Å². The van der Waals surface area contributed by atoms with E-state index in [0.717, 1.165) is 55.4 Å². The normalized spacial score (nSPS) is 29.7. The lowest BCUT2D eigenvalue weighted by atomic mass is 9.78. The molecular formula is C23H31NO5S. The van der Waals surface area contributed by atoms with Crippen LogP contribution in [0.15, 0.2) is 0 Å². The van der Waals surface area contributed by atoms with E-state index in [0.29, 0.717) is 16.5 Å². The number of anilines is 1. The van der Waals surface area contributed by atoms with Crippen LogP contribution in [0.1, 0.15) is 73.7 Å². The summed E-state index contributed by atoms with van der Waals surface area (Å²) in [6, 6.07) is 0. The molecule has 30 heavy (non-hydrogen) atoms. The van der Waals surface area contributed by atoms with Crippen LogP contribution in [-0.2, 0) is 27.2 Å². The highest BCUT2D eigenvalue weighted by atomic mass is 32.1. The lowest BCUT2D eigenvalue weighted by Crippen LogP contribution is -2.38. The number of amides is 1. The van der Waals surface area contributed by atoms with Crippen LogP contribution in [0.2, 0.25) is 0 Å². The third-order valence-corrected chi connectivity index (χ3v) is 8.40. The summed E-state index contributed by atoms with van der Waals surface area (Å²) in [5.41, 5.74) is 1.50. The van der Waals surface area contributed by atoms with Crippen molar-refractivity contribution < 1.29 is 24.2 Å². The van der Waals surface area contributed by atoms with Crippen LogP contribution < -0.4 is 5.32 Å². The van der Waals surface area contributed by atoms with Crippen molar-refractivity contribution in [2.24, 2.45) is 29.6 Å². The predicted octanol–water partition coefficient (Wildman–Crippen LogP) is 4.51. The van der Waals surface area contributed by atoms with Crippen LogP contribution in [0.4, 0.5) is 5.00 Å². The van der Waals surface area contributed by atoms with Gasteiger partial charge in [-0.1, -0.05) is 13.3 Å². The van der Waals surface area contributed by atoms with Crippen molar-refractivity contribution in [1.29, 1.82) is 0 Å². The average Bonchev–Trinajstić information content (AvgIpc) is 3.38. The van der Waals surface area contributed by atoms with Crippen LogP contribution in [-0.4, -0.2) is 29.1 Å². The first-order valence-corrected chi connectivity index (χ1v) is 12.0. The van der Waals surface area contributed by atoms with E-state index in [1.807, 2.05) is 13.8 Å². The molecule has 0 spiro atoms. The van der Waals surface area contributed by atoms with Gasteiger partial charge in [-0.25, -0.2) is 4.79 Å². The fourth-order valence-corrected chi connectivity index (χ4v) is 7.15. The molecule has 3 aliphatic rings. The monoisotopic (exact) mass is 433 g/mol. The molecule has 0 radical (unpaired) electrons. The predicted molar refractivity (Wildman–Crippen MR) is 115 cm³/mol. The highest BCUT2D eigenvalue weighted by Gasteiger charge is 2.54. The zero-order valence-electron chi connectivity index (χ0n) is 17.9. The molecule has 1 amide bonds. The Morgan fingerprint density at radius 2 is 1.87 bits per heavy atom. The Labute approximate surface area is 181 Å². The molecule has 7 heteroatoms. The number of rotatable bonds is 6. The number of ether oxygens (including phenoxy) is 1. The van der Waals surface area contributed by atoms with Gasteiger partial charge in [-0.15, -0.1) is 11.3 Å². The van der Waals surface area contributed by atoms with Crippen molar-refractivity contribution >= 4 is 34.2 Å². The molecule has 1 heterocycles. The van der Waals surface area contributed by atoms with Crippen LogP contribution in [0.25, 0.3) is 0 Å². The van der Waals surface area contributed by atoms with E-state index < -0.39 is 23.8 Å². The van der Waals surface area contributed by atoms with Crippen LogP contribution in [0.5, 0.6) is 0 Å². The van der Waals surface area contributed by atoms with Gasteiger partial charge in [0.15, 0.2) is 0 Å². The Kier molecular flexibility index (Phi) is 5.93. The maximum atomic E-state index is 13.2. The molecule has 6 nitrogen and oxygen atoms in total. The summed E-state index contributed by atoms with van der Waals surface area (Å²) in [6.07, 6.45) is 6.23. The number of hydrogen-bond acceptors (Lipinski definition) is 5. The number of fused-ring (bicyclic) bond motifs is 3. The van der Waals surface area contributed by atoms with Crippen molar-refractivity contribution in [3.05, 3.63) is 16.0 Å². The summed E-state index contributed by atoms with van der Waals surface area (Å²) in [4.78, 5) is 39.1. The quantitative estimate of drug-likeness (QED) is 0.644. The summed E-state index contributed by atoms with van der Waals surface area (Å²) in [5.74, 6) is -1.84. The molecule has 0 saturated heterocycles. The number of aliphatic carboxylic acids is 1. The molecule has 3 aliphatic carbocycles. The highest BCUT2D eigenvalue weighted by molar-refractivity contribution is 7.17. The van der Waals surface area contributed by atoms with Gasteiger partial charge in [0, 0.05) is 4.88 Å². The number of esters is 1. The third kappa shape index (κ3) is 3.77. The van der Waals surface area contributed by atoms with Gasteiger partial charge in [-0.3, -0.25) is 9.59 Å². The van der Waals surface area contributed by atoms with E-state index in [-0.39, 0.29) is 23.8 Å². The highest BCUT2D eigenvalue weighted by Crippen LogP contribution is 2.53. The standard InChI is InChI=1S/C23H31NO5S/c1-4-12-5-8-15-16(9-12)30-21(19(15)23(28)29-11(2)3)24-20(25)17-13-6-7-14(10-13)18(17)22(26)27/h11-14,17-18H,4-10H2,1-3H3,(H,24,25)(H,26,27)/t12-,13+,14+,17-,18-/m1/s1. The first-order chi connectivity index (χ1) is 14.3. The van der Waals surface area contributed by atoms with Gasteiger partial charge >= 0.3 is 11.9 Å². The second-order valence-electron chi connectivity index (χ2n) is 9.39. The lowest BCUT2D eigenvalue weighted by molar-refractivity contribution is -0.148. The molecule has 1 aromatic rings. The van der Waals surface area contributed by atoms with Crippen LogP contribution in [0, 0.1) is 29.6 Å². The van der Waals surface area contributed by atoms with E-state index in [1.165, 1.54) is 11.3 Å². The first-order valence-electron chi connectivity index (χ1n) is 11.2. The molecule has 4 rings (SSSR count). The van der Waals surface area contributed by atoms with Crippen LogP contribution >= 0.6 is 11.3 Å². The summed E-state index contributed by atoms with van der Waals surface area (Å²) in [5, 5.41) is 13.2. The molecule has 2 fully saturated rings. The summed E-state index contributed by atoms with van der Waals surface area (Å²) in [7, 11) is 0. The maximum Gasteiger partial charge on any atom is 0.341 e. The van der Waals surface area contributed by atoms with Crippen LogP contribution in [0.3, 0.4) is 0 Å². The zero-order valence-corrected chi connectivity index (χ0v) is 18.7. The van der Waals surface area contributed by atoms with E-state index in [1.54, 1.807) is 0 Å². The minimum Gasteiger partial charge on any atom is -0.481 e. The first kappa shape index (κ1) is 21.3. The van der Waals surface area contributed by atoms with E-state index in [2.05, 4.69) is 12.2 Å². The molecule has 164 valence electrons. The smallest absolute Gasteiger partial charge is 0.341 e. The molecule has 2 bridgehead atoms. The fraction of sp³-hybridized carbons (Fsp3) is 0.696. The molecule has 2 saturated carbocycles. The molecule has 2 N–H and O–H groups in total. The molecule has 0 aliphatic heterocycles. The number of carbonyl (C=O) groups is 3. The van der Waals surface area contributed by atoms with Gasteiger partial charge in [-0.05, 0) is 75.7 Å². The number of carbonyl (C=O) groups excluding carboxylic acids is 2. The second-order valence-corrected chi connectivity index (χ2v) is 10.5. The van der Waals surface area contributed by atoms with Crippen molar-refractivity contribution in [1.82, 2.24) is 0 Å². The molecule has 0 aromatic carbocycles. The minimum atomic E-state index is -0.877. The number of thiophene rings is 1. The molecule has 5 atom stereocenters. The Morgan fingerprint density at radius 3 is 2.50 bits per heavy atom. The fourth-order valence-electron chi connectivity index (χ4n) is 5.80. The summed E-state index contributed by atoms with van der Waals surface area (Å²) >= 11 is 1.47. The van der Waals surface area contributed by atoms with Crippen molar-refractivity contribution in [2.75, 3.05) is 5.32 Å². The van der Waals surface area contributed by atoms with Gasteiger partial charge in [0.1, 0.15) is 5.00 Å². The van der Waals surface area contributed by atoms with Gasteiger partial charge in [-0.2, -0.15) is 0 Å². The van der Waals surface area contributed by atoms with Crippen molar-refractivity contribution in [3.63, 3.8) is 0 Å². The number of hydrogen-bond donors (Lipinski definition) is 2. The van der Waals surface area contributed by atoms with Crippen molar-refractivity contribution in [2.45, 2.75) is 71.8 Å². The SMILES string of the molecule is CC[C@@H]1CCc2c(sc(NC(=O)[C@@H]3[C@H]4CC[C@@H](C4)[C@H]3C(=O)O)c2C(=O)OC(C)C)C1. The Bertz CT molecular complexity index is 860. The third-order valence-electron chi connectivity index (χ3n) is 7.23.